The predicted octanol–water partition coefficient (Wildman–Crippen LogP) is 3.96. The van der Waals surface area contributed by atoms with E-state index in [0.29, 0.717) is 36.4 Å². The maximum absolute atomic E-state index is 5.90. The molecule has 0 saturated carbocycles. The number of oxazole rings is 1. The number of ether oxygens (including phenoxy) is 2. The molecule has 3 rings (SSSR count). The van der Waals surface area contributed by atoms with E-state index in [1.54, 1.807) is 14.2 Å². The third-order valence-corrected chi connectivity index (χ3v) is 4.38. The van der Waals surface area contributed by atoms with E-state index in [4.69, 9.17) is 13.9 Å². The Labute approximate surface area is 170 Å². The molecule has 1 heterocycles. The quantitative estimate of drug-likeness (QED) is 0.466. The smallest absolute Gasteiger partial charge is 0.214 e. The van der Waals surface area contributed by atoms with E-state index in [2.05, 4.69) is 20.6 Å². The molecule has 0 aliphatic heterocycles. The molecule has 0 amide bonds. The number of nitrogens with zero attached hydrogens (tertiary/aromatic N) is 2. The van der Waals surface area contributed by atoms with Crippen molar-refractivity contribution in [3.63, 3.8) is 0 Å². The Morgan fingerprint density at radius 3 is 2.31 bits per heavy atom. The van der Waals surface area contributed by atoms with E-state index in [1.165, 1.54) is 0 Å². The Hall–Kier alpha value is -3.48. The van der Waals surface area contributed by atoms with Gasteiger partial charge >= 0.3 is 0 Å². The van der Waals surface area contributed by atoms with Gasteiger partial charge < -0.3 is 24.5 Å². The largest absolute Gasteiger partial charge is 0.493 e. The molecule has 0 aliphatic carbocycles. The highest BCUT2D eigenvalue weighted by Crippen LogP contribution is 2.30. The number of rotatable bonds is 7. The number of methoxy groups -OCH3 is 1. The highest BCUT2D eigenvalue weighted by Gasteiger charge is 2.07. The van der Waals surface area contributed by atoms with Crippen LogP contribution in [0.2, 0.25) is 0 Å². The van der Waals surface area contributed by atoms with Crippen LogP contribution in [0.1, 0.15) is 22.9 Å². The second-order valence-corrected chi connectivity index (χ2v) is 6.43. The van der Waals surface area contributed by atoms with Crippen molar-refractivity contribution in [1.29, 1.82) is 0 Å². The van der Waals surface area contributed by atoms with Crippen LogP contribution in [0.3, 0.4) is 0 Å². The van der Waals surface area contributed by atoms with Gasteiger partial charge in [0.05, 0.1) is 19.3 Å². The molecule has 0 aliphatic rings. The predicted molar refractivity (Wildman–Crippen MR) is 113 cm³/mol. The second-order valence-electron chi connectivity index (χ2n) is 6.43. The summed E-state index contributed by atoms with van der Waals surface area (Å²) in [5.74, 6) is 4.27. The zero-order valence-corrected chi connectivity index (χ0v) is 17.2. The van der Waals surface area contributed by atoms with Crippen LogP contribution in [0.4, 0.5) is 0 Å². The van der Waals surface area contributed by atoms with Crippen LogP contribution >= 0.6 is 0 Å². The topological polar surface area (TPSA) is 80.9 Å². The van der Waals surface area contributed by atoms with Crippen LogP contribution in [-0.2, 0) is 13.1 Å². The molecule has 1 aromatic heterocycles. The van der Waals surface area contributed by atoms with Crippen LogP contribution in [-0.4, -0.2) is 25.1 Å². The third-order valence-electron chi connectivity index (χ3n) is 4.38. The van der Waals surface area contributed by atoms with Gasteiger partial charge in [0.25, 0.3) is 0 Å². The first-order chi connectivity index (χ1) is 14.1. The number of aryl methyl sites for hydroxylation is 2. The van der Waals surface area contributed by atoms with Gasteiger partial charge in [-0.1, -0.05) is 24.3 Å². The highest BCUT2D eigenvalue weighted by atomic mass is 16.5. The van der Waals surface area contributed by atoms with Crippen molar-refractivity contribution in [2.24, 2.45) is 4.99 Å². The van der Waals surface area contributed by atoms with Gasteiger partial charge in [0, 0.05) is 13.6 Å². The van der Waals surface area contributed by atoms with Crippen molar-refractivity contribution in [3.8, 4) is 17.2 Å². The summed E-state index contributed by atoms with van der Waals surface area (Å²) in [4.78, 5) is 8.58. The molecule has 2 aromatic carbocycles. The molecule has 152 valence electrons. The lowest BCUT2D eigenvalue weighted by Crippen LogP contribution is -2.36. The minimum Gasteiger partial charge on any atom is -0.493 e. The fourth-order valence-electron chi connectivity index (χ4n) is 2.69. The van der Waals surface area contributed by atoms with E-state index >= 15 is 0 Å². The first-order valence-corrected chi connectivity index (χ1v) is 9.36. The molecule has 0 spiro atoms. The van der Waals surface area contributed by atoms with E-state index in [0.717, 1.165) is 22.8 Å². The fraction of sp³-hybridized carbons (Fsp3) is 0.273. The summed E-state index contributed by atoms with van der Waals surface area (Å²) in [6, 6.07) is 15.4. The van der Waals surface area contributed by atoms with Gasteiger partial charge in [0.15, 0.2) is 17.5 Å². The molecular formula is C22H26N4O3. The van der Waals surface area contributed by atoms with Gasteiger partial charge in [-0.25, -0.2) is 4.98 Å². The lowest BCUT2D eigenvalue weighted by molar-refractivity contribution is 0.379. The maximum atomic E-state index is 5.90. The normalized spacial score (nSPS) is 11.2. The minimum absolute atomic E-state index is 0.472. The molecule has 2 N–H and O–H groups in total. The summed E-state index contributed by atoms with van der Waals surface area (Å²) in [7, 11) is 3.35. The van der Waals surface area contributed by atoms with Gasteiger partial charge in [0.2, 0.25) is 5.89 Å². The van der Waals surface area contributed by atoms with Crippen LogP contribution in [0, 0.1) is 13.8 Å². The Kier molecular flexibility index (Phi) is 6.73. The molecule has 0 fully saturated rings. The van der Waals surface area contributed by atoms with E-state index in [-0.39, 0.29) is 0 Å². The number of guanidine groups is 1. The summed E-state index contributed by atoms with van der Waals surface area (Å²) in [5, 5.41) is 6.47. The van der Waals surface area contributed by atoms with Crippen LogP contribution in [0.15, 0.2) is 57.9 Å². The average molecular weight is 394 g/mol. The van der Waals surface area contributed by atoms with Gasteiger partial charge in [-0.2, -0.15) is 0 Å². The Balaban J connectivity index is 1.52. The number of aromatic nitrogens is 1. The molecule has 0 bridgehead atoms. The van der Waals surface area contributed by atoms with Crippen molar-refractivity contribution < 1.29 is 13.9 Å². The van der Waals surface area contributed by atoms with E-state index in [1.807, 2.05) is 62.4 Å². The Morgan fingerprint density at radius 2 is 1.69 bits per heavy atom. The number of aliphatic imine (C=N–C) groups is 1. The van der Waals surface area contributed by atoms with E-state index < -0.39 is 0 Å². The minimum atomic E-state index is 0.472. The zero-order chi connectivity index (χ0) is 20.6. The molecule has 0 saturated heterocycles. The van der Waals surface area contributed by atoms with Crippen molar-refractivity contribution in [2.45, 2.75) is 26.9 Å². The Bertz CT molecular complexity index is 945. The van der Waals surface area contributed by atoms with Crippen molar-refractivity contribution in [1.82, 2.24) is 15.6 Å². The van der Waals surface area contributed by atoms with Gasteiger partial charge in [-0.15, -0.1) is 0 Å². The van der Waals surface area contributed by atoms with Gasteiger partial charge in [-0.05, 0) is 43.7 Å². The van der Waals surface area contributed by atoms with E-state index in [9.17, 15) is 0 Å². The van der Waals surface area contributed by atoms with Crippen molar-refractivity contribution >= 4 is 5.96 Å². The van der Waals surface area contributed by atoms with Gasteiger partial charge in [0.1, 0.15) is 11.5 Å². The summed E-state index contributed by atoms with van der Waals surface area (Å²) in [6.45, 7) is 4.93. The summed E-state index contributed by atoms with van der Waals surface area (Å²) in [5.41, 5.74) is 2.00. The van der Waals surface area contributed by atoms with Crippen LogP contribution in [0.25, 0.3) is 0 Å². The zero-order valence-electron chi connectivity index (χ0n) is 17.2. The van der Waals surface area contributed by atoms with Crippen LogP contribution < -0.4 is 20.1 Å². The number of para-hydroxylation sites is 2. The van der Waals surface area contributed by atoms with Crippen molar-refractivity contribution in [2.75, 3.05) is 14.2 Å². The molecule has 7 nitrogen and oxygen atoms in total. The molecular weight excluding hydrogens is 368 g/mol. The lowest BCUT2D eigenvalue weighted by atomic mass is 10.2. The first kappa shape index (κ1) is 20.3. The lowest BCUT2D eigenvalue weighted by Gasteiger charge is -2.12. The maximum Gasteiger partial charge on any atom is 0.214 e. The monoisotopic (exact) mass is 394 g/mol. The standard InChI is InChI=1S/C22H26N4O3/c1-15-16(2)28-21(26-15)14-25-22(23-3)24-13-17-9-11-18(12-10-17)29-20-8-6-5-7-19(20)27-4/h5-12H,13-14H2,1-4H3,(H2,23,24,25). The summed E-state index contributed by atoms with van der Waals surface area (Å²) in [6.07, 6.45) is 0. The molecule has 0 radical (unpaired) electrons. The number of hydrogen-bond donors (Lipinski definition) is 2. The summed E-state index contributed by atoms with van der Waals surface area (Å²) >= 11 is 0. The van der Waals surface area contributed by atoms with Gasteiger partial charge in [-0.3, -0.25) is 4.99 Å². The molecule has 3 aromatic rings. The molecule has 0 unspecified atom stereocenters. The second kappa shape index (κ2) is 9.64. The average Bonchev–Trinajstić information content (AvgIpc) is 3.07. The highest BCUT2D eigenvalue weighted by molar-refractivity contribution is 5.79. The number of nitrogens with one attached hydrogen (secondary N) is 2. The summed E-state index contributed by atoms with van der Waals surface area (Å²) < 4.78 is 16.8. The fourth-order valence-corrected chi connectivity index (χ4v) is 2.69. The molecule has 29 heavy (non-hydrogen) atoms. The van der Waals surface area contributed by atoms with Crippen LogP contribution in [0.5, 0.6) is 17.2 Å². The first-order valence-electron chi connectivity index (χ1n) is 9.36. The SMILES string of the molecule is CN=C(NCc1ccc(Oc2ccccc2OC)cc1)NCc1nc(C)c(C)o1. The Morgan fingerprint density at radius 1 is 1.00 bits per heavy atom. The third kappa shape index (κ3) is 5.51. The molecule has 7 heteroatoms. The number of benzene rings is 2. The van der Waals surface area contributed by atoms with Crippen molar-refractivity contribution in [3.05, 3.63) is 71.4 Å². The molecule has 0 atom stereocenters. The number of hydrogen-bond acceptors (Lipinski definition) is 5.